The SMILES string of the molecule is CCOC(CN)CCOc1cc(C)ccc1C. The fourth-order valence-corrected chi connectivity index (χ4v) is 1.67. The van der Waals surface area contributed by atoms with Crippen LogP contribution in [0.2, 0.25) is 0 Å². The van der Waals surface area contributed by atoms with Gasteiger partial charge in [0.2, 0.25) is 0 Å². The molecule has 1 unspecified atom stereocenters. The molecule has 1 atom stereocenters. The van der Waals surface area contributed by atoms with E-state index in [0.717, 1.165) is 17.7 Å². The lowest BCUT2D eigenvalue weighted by Crippen LogP contribution is -2.25. The van der Waals surface area contributed by atoms with Crippen molar-refractivity contribution in [3.8, 4) is 5.75 Å². The Morgan fingerprint density at radius 1 is 1.29 bits per heavy atom. The number of benzene rings is 1. The van der Waals surface area contributed by atoms with E-state index in [2.05, 4.69) is 32.0 Å². The first kappa shape index (κ1) is 14.0. The summed E-state index contributed by atoms with van der Waals surface area (Å²) in [5, 5.41) is 0. The van der Waals surface area contributed by atoms with Gasteiger partial charge < -0.3 is 15.2 Å². The van der Waals surface area contributed by atoms with Crippen LogP contribution in [0.15, 0.2) is 18.2 Å². The lowest BCUT2D eigenvalue weighted by molar-refractivity contribution is 0.0526. The molecule has 17 heavy (non-hydrogen) atoms. The van der Waals surface area contributed by atoms with Gasteiger partial charge in [0.05, 0.1) is 12.7 Å². The molecule has 3 nitrogen and oxygen atoms in total. The summed E-state index contributed by atoms with van der Waals surface area (Å²) in [5.74, 6) is 0.956. The minimum Gasteiger partial charge on any atom is -0.493 e. The van der Waals surface area contributed by atoms with Crippen molar-refractivity contribution in [2.24, 2.45) is 5.73 Å². The van der Waals surface area contributed by atoms with Crippen LogP contribution >= 0.6 is 0 Å². The Bertz CT molecular complexity index is 339. The van der Waals surface area contributed by atoms with Crippen molar-refractivity contribution in [3.63, 3.8) is 0 Å². The smallest absolute Gasteiger partial charge is 0.122 e. The molecule has 0 radical (unpaired) electrons. The van der Waals surface area contributed by atoms with Crippen molar-refractivity contribution in [2.45, 2.75) is 33.3 Å². The Kier molecular flexibility index (Phi) is 6.01. The van der Waals surface area contributed by atoms with Gasteiger partial charge in [0.1, 0.15) is 5.75 Å². The van der Waals surface area contributed by atoms with Gasteiger partial charge in [0, 0.05) is 19.6 Å². The molecule has 0 spiro atoms. The van der Waals surface area contributed by atoms with Gasteiger partial charge >= 0.3 is 0 Å². The normalized spacial score (nSPS) is 12.5. The van der Waals surface area contributed by atoms with E-state index in [1.54, 1.807) is 0 Å². The maximum Gasteiger partial charge on any atom is 0.122 e. The molecule has 0 aliphatic rings. The summed E-state index contributed by atoms with van der Waals surface area (Å²) in [6.45, 7) is 7.99. The van der Waals surface area contributed by atoms with Gasteiger partial charge in [0.15, 0.2) is 0 Å². The van der Waals surface area contributed by atoms with Crippen molar-refractivity contribution in [3.05, 3.63) is 29.3 Å². The highest BCUT2D eigenvalue weighted by atomic mass is 16.5. The van der Waals surface area contributed by atoms with E-state index in [4.69, 9.17) is 15.2 Å². The second kappa shape index (κ2) is 7.30. The third-order valence-corrected chi connectivity index (χ3v) is 2.71. The van der Waals surface area contributed by atoms with Crippen LogP contribution < -0.4 is 10.5 Å². The highest BCUT2D eigenvalue weighted by Gasteiger charge is 2.06. The van der Waals surface area contributed by atoms with E-state index in [9.17, 15) is 0 Å². The van der Waals surface area contributed by atoms with Crippen molar-refractivity contribution < 1.29 is 9.47 Å². The monoisotopic (exact) mass is 237 g/mol. The first-order valence-electron chi connectivity index (χ1n) is 6.19. The van der Waals surface area contributed by atoms with Crippen molar-refractivity contribution >= 4 is 0 Å². The number of rotatable bonds is 7. The van der Waals surface area contributed by atoms with Crippen LogP contribution in [0.4, 0.5) is 0 Å². The molecule has 0 aromatic heterocycles. The molecular formula is C14H23NO2. The van der Waals surface area contributed by atoms with Gasteiger partial charge in [-0.05, 0) is 38.0 Å². The number of hydrogen-bond acceptors (Lipinski definition) is 3. The molecule has 1 aromatic carbocycles. The molecule has 0 saturated carbocycles. The lowest BCUT2D eigenvalue weighted by atomic mass is 10.1. The Balaban J connectivity index is 2.42. The average Bonchev–Trinajstić information content (AvgIpc) is 2.32. The highest BCUT2D eigenvalue weighted by molar-refractivity contribution is 5.35. The zero-order chi connectivity index (χ0) is 12.7. The maximum atomic E-state index is 5.76. The minimum atomic E-state index is 0.102. The van der Waals surface area contributed by atoms with Crippen LogP contribution in [-0.4, -0.2) is 25.9 Å². The molecule has 0 heterocycles. The van der Waals surface area contributed by atoms with Gasteiger partial charge in [-0.1, -0.05) is 12.1 Å². The molecule has 0 bridgehead atoms. The molecule has 0 amide bonds. The van der Waals surface area contributed by atoms with Gasteiger partial charge in [-0.2, -0.15) is 0 Å². The van der Waals surface area contributed by atoms with Gasteiger partial charge in [0.25, 0.3) is 0 Å². The average molecular weight is 237 g/mol. The Morgan fingerprint density at radius 2 is 2.06 bits per heavy atom. The summed E-state index contributed by atoms with van der Waals surface area (Å²) in [5.41, 5.74) is 7.99. The van der Waals surface area contributed by atoms with E-state index in [1.807, 2.05) is 6.92 Å². The minimum absolute atomic E-state index is 0.102. The van der Waals surface area contributed by atoms with E-state index in [0.29, 0.717) is 19.8 Å². The summed E-state index contributed by atoms with van der Waals surface area (Å²) in [6.07, 6.45) is 0.933. The van der Waals surface area contributed by atoms with E-state index < -0.39 is 0 Å². The molecule has 0 saturated heterocycles. The van der Waals surface area contributed by atoms with E-state index >= 15 is 0 Å². The van der Waals surface area contributed by atoms with Crippen LogP contribution in [0.1, 0.15) is 24.5 Å². The van der Waals surface area contributed by atoms with Crippen LogP contribution in [-0.2, 0) is 4.74 Å². The first-order valence-corrected chi connectivity index (χ1v) is 6.19. The van der Waals surface area contributed by atoms with Gasteiger partial charge in [-0.15, -0.1) is 0 Å². The topological polar surface area (TPSA) is 44.5 Å². The maximum absolute atomic E-state index is 5.76. The van der Waals surface area contributed by atoms with E-state index in [1.165, 1.54) is 5.56 Å². The number of aryl methyl sites for hydroxylation is 2. The Morgan fingerprint density at radius 3 is 2.71 bits per heavy atom. The Hall–Kier alpha value is -1.06. The fourth-order valence-electron chi connectivity index (χ4n) is 1.67. The summed E-state index contributed by atoms with van der Waals surface area (Å²) >= 11 is 0. The van der Waals surface area contributed by atoms with Gasteiger partial charge in [-0.3, -0.25) is 0 Å². The van der Waals surface area contributed by atoms with Crippen LogP contribution in [0.25, 0.3) is 0 Å². The highest BCUT2D eigenvalue weighted by Crippen LogP contribution is 2.19. The summed E-state index contributed by atoms with van der Waals surface area (Å²) < 4.78 is 11.2. The molecule has 0 aliphatic heterocycles. The second-order valence-corrected chi connectivity index (χ2v) is 4.22. The summed E-state index contributed by atoms with van der Waals surface area (Å²) in [7, 11) is 0. The zero-order valence-corrected chi connectivity index (χ0v) is 11.0. The molecule has 1 aromatic rings. The number of ether oxygens (including phenoxy) is 2. The van der Waals surface area contributed by atoms with E-state index in [-0.39, 0.29) is 6.10 Å². The van der Waals surface area contributed by atoms with Crippen LogP contribution in [0.3, 0.4) is 0 Å². The number of hydrogen-bond donors (Lipinski definition) is 1. The first-order chi connectivity index (χ1) is 8.17. The van der Waals surface area contributed by atoms with Crippen LogP contribution in [0.5, 0.6) is 5.75 Å². The molecule has 1 rings (SSSR count). The predicted octanol–water partition coefficient (Wildman–Crippen LogP) is 2.44. The van der Waals surface area contributed by atoms with Crippen LogP contribution in [0, 0.1) is 13.8 Å². The molecule has 3 heteroatoms. The molecule has 0 aliphatic carbocycles. The quantitative estimate of drug-likeness (QED) is 0.792. The van der Waals surface area contributed by atoms with Crippen molar-refractivity contribution in [1.29, 1.82) is 0 Å². The molecule has 96 valence electrons. The van der Waals surface area contributed by atoms with Crippen molar-refractivity contribution in [2.75, 3.05) is 19.8 Å². The fraction of sp³-hybridized carbons (Fsp3) is 0.571. The molecule has 2 N–H and O–H groups in total. The molecular weight excluding hydrogens is 214 g/mol. The van der Waals surface area contributed by atoms with Crippen molar-refractivity contribution in [1.82, 2.24) is 0 Å². The number of nitrogens with two attached hydrogens (primary N) is 1. The molecule has 0 fully saturated rings. The standard InChI is InChI=1S/C14H23NO2/c1-4-16-13(10-15)7-8-17-14-9-11(2)5-6-12(14)3/h5-6,9,13H,4,7-8,10,15H2,1-3H3. The van der Waals surface area contributed by atoms with Gasteiger partial charge in [-0.25, -0.2) is 0 Å². The summed E-state index contributed by atoms with van der Waals surface area (Å²) in [4.78, 5) is 0. The largest absolute Gasteiger partial charge is 0.493 e. The Labute approximate surface area is 104 Å². The third-order valence-electron chi connectivity index (χ3n) is 2.71. The lowest BCUT2D eigenvalue weighted by Gasteiger charge is -2.16. The zero-order valence-electron chi connectivity index (χ0n) is 11.0. The second-order valence-electron chi connectivity index (χ2n) is 4.22. The third kappa shape index (κ3) is 4.75. The summed E-state index contributed by atoms with van der Waals surface area (Å²) in [6, 6.07) is 6.23. The predicted molar refractivity (Wildman–Crippen MR) is 70.5 cm³/mol.